The molecule has 3 aromatic rings. The number of methoxy groups -OCH3 is 1. The van der Waals surface area contributed by atoms with Crippen molar-refractivity contribution < 1.29 is 18.7 Å². The Morgan fingerprint density at radius 3 is 2.58 bits per heavy atom. The number of rotatable bonds is 5. The van der Waals surface area contributed by atoms with Crippen LogP contribution in [0.25, 0.3) is 0 Å². The summed E-state index contributed by atoms with van der Waals surface area (Å²) >= 11 is 5.93. The second-order valence-electron chi connectivity index (χ2n) is 5.16. The molecule has 0 spiro atoms. The molecule has 0 saturated heterocycles. The third-order valence-corrected chi connectivity index (χ3v) is 3.64. The monoisotopic (exact) mass is 371 g/mol. The molecule has 0 fully saturated rings. The number of nitrogens with one attached hydrogen (secondary N) is 2. The van der Waals surface area contributed by atoms with Crippen LogP contribution in [0, 0.1) is 0 Å². The lowest BCUT2D eigenvalue weighted by Gasteiger charge is -2.09. The summed E-state index contributed by atoms with van der Waals surface area (Å²) in [6.45, 7) is 0. The zero-order valence-electron chi connectivity index (χ0n) is 13.7. The highest BCUT2D eigenvalue weighted by Crippen LogP contribution is 2.28. The van der Waals surface area contributed by atoms with E-state index in [1.165, 1.54) is 7.11 Å². The van der Waals surface area contributed by atoms with E-state index in [0.717, 1.165) is 6.26 Å². The Morgan fingerprint density at radius 1 is 1.08 bits per heavy atom. The van der Waals surface area contributed by atoms with Gasteiger partial charge >= 0.3 is 6.01 Å². The normalized spacial score (nSPS) is 10.2. The van der Waals surface area contributed by atoms with Gasteiger partial charge in [-0.25, -0.2) is 0 Å². The molecule has 2 aromatic carbocycles. The molecular formula is C18H14ClN3O4. The Bertz CT molecular complexity index is 941. The van der Waals surface area contributed by atoms with Crippen molar-refractivity contribution in [3.8, 4) is 5.75 Å². The summed E-state index contributed by atoms with van der Waals surface area (Å²) < 4.78 is 10.3. The summed E-state index contributed by atoms with van der Waals surface area (Å²) in [4.78, 5) is 28.3. The molecule has 0 radical (unpaired) electrons. The molecule has 0 saturated carbocycles. The summed E-state index contributed by atoms with van der Waals surface area (Å²) in [5.41, 5.74) is 0.832. The maximum absolute atomic E-state index is 12.3. The summed E-state index contributed by atoms with van der Waals surface area (Å²) in [7, 11) is 1.48. The Labute approximate surface area is 153 Å². The highest BCUT2D eigenvalue weighted by Gasteiger charge is 2.16. The number of benzene rings is 2. The van der Waals surface area contributed by atoms with Crippen LogP contribution < -0.4 is 15.4 Å². The van der Waals surface area contributed by atoms with Gasteiger partial charge in [-0.1, -0.05) is 29.8 Å². The number of anilines is 2. The van der Waals surface area contributed by atoms with Crippen molar-refractivity contribution in [1.29, 1.82) is 0 Å². The lowest BCUT2D eigenvalue weighted by atomic mass is 10.2. The zero-order valence-corrected chi connectivity index (χ0v) is 14.4. The van der Waals surface area contributed by atoms with E-state index in [1.807, 2.05) is 0 Å². The molecule has 7 nitrogen and oxygen atoms in total. The molecule has 8 heteroatoms. The van der Waals surface area contributed by atoms with Crippen LogP contribution >= 0.6 is 11.6 Å². The van der Waals surface area contributed by atoms with Gasteiger partial charge in [-0.15, -0.1) is 0 Å². The third kappa shape index (κ3) is 4.01. The highest BCUT2D eigenvalue weighted by molar-refractivity contribution is 6.31. The predicted octanol–water partition coefficient (Wildman–Crippen LogP) is 3.84. The molecule has 0 aliphatic carbocycles. The molecule has 3 rings (SSSR count). The molecule has 0 bridgehead atoms. The van der Waals surface area contributed by atoms with Gasteiger partial charge in [-0.05, 0) is 30.3 Å². The number of nitrogens with zero attached hydrogens (tertiary/aromatic N) is 1. The molecule has 26 heavy (non-hydrogen) atoms. The zero-order chi connectivity index (χ0) is 18.5. The number of ether oxygens (including phenoxy) is 1. The van der Waals surface area contributed by atoms with Crippen LogP contribution in [0.1, 0.15) is 20.8 Å². The molecule has 0 unspecified atom stereocenters. The van der Waals surface area contributed by atoms with Crippen LogP contribution in [-0.2, 0) is 0 Å². The van der Waals surface area contributed by atoms with Crippen molar-refractivity contribution in [2.24, 2.45) is 0 Å². The topological polar surface area (TPSA) is 93.5 Å². The van der Waals surface area contributed by atoms with Crippen molar-refractivity contribution in [2.45, 2.75) is 0 Å². The van der Waals surface area contributed by atoms with Crippen LogP contribution in [-0.4, -0.2) is 23.9 Å². The van der Waals surface area contributed by atoms with Gasteiger partial charge in [-0.3, -0.25) is 14.9 Å². The van der Waals surface area contributed by atoms with E-state index in [-0.39, 0.29) is 11.7 Å². The molecule has 0 atom stereocenters. The number of amides is 2. The van der Waals surface area contributed by atoms with E-state index in [0.29, 0.717) is 22.0 Å². The van der Waals surface area contributed by atoms with Crippen molar-refractivity contribution in [3.05, 3.63) is 71.1 Å². The first-order chi connectivity index (χ1) is 12.6. The first kappa shape index (κ1) is 17.5. The molecular weight excluding hydrogens is 358 g/mol. The minimum Gasteiger partial charge on any atom is -0.495 e. The van der Waals surface area contributed by atoms with E-state index >= 15 is 0 Å². The number of aromatic nitrogens is 1. The first-order valence-electron chi connectivity index (χ1n) is 7.53. The molecule has 2 amide bonds. The highest BCUT2D eigenvalue weighted by atomic mass is 35.5. The average molecular weight is 372 g/mol. The van der Waals surface area contributed by atoms with Crippen LogP contribution in [0.5, 0.6) is 5.75 Å². The first-order valence-corrected chi connectivity index (χ1v) is 7.91. The number of carbonyl (C=O) groups is 2. The SMILES string of the molecule is COc1ccc(Cl)cc1NC(=O)c1coc(NC(=O)c2ccccc2)n1. The lowest BCUT2D eigenvalue weighted by Crippen LogP contribution is -2.14. The van der Waals surface area contributed by atoms with Crippen molar-refractivity contribution in [2.75, 3.05) is 17.7 Å². The molecule has 2 N–H and O–H groups in total. The number of hydrogen-bond donors (Lipinski definition) is 2. The van der Waals surface area contributed by atoms with Gasteiger partial charge in [0.05, 0.1) is 12.8 Å². The minimum atomic E-state index is -0.533. The molecule has 0 aliphatic heterocycles. The van der Waals surface area contributed by atoms with Gasteiger partial charge in [0.15, 0.2) is 5.69 Å². The Morgan fingerprint density at radius 2 is 1.85 bits per heavy atom. The minimum absolute atomic E-state index is 0.00427. The Kier molecular flexibility index (Phi) is 5.19. The smallest absolute Gasteiger partial charge is 0.302 e. The van der Waals surface area contributed by atoms with Crippen LogP contribution in [0.15, 0.2) is 59.2 Å². The Hall–Kier alpha value is -3.32. The summed E-state index contributed by atoms with van der Waals surface area (Å²) in [5.74, 6) is -0.478. The Balaban J connectivity index is 1.70. The van der Waals surface area contributed by atoms with Crippen LogP contribution in [0.4, 0.5) is 11.7 Å². The molecule has 1 aromatic heterocycles. The fourth-order valence-corrected chi connectivity index (χ4v) is 2.33. The van der Waals surface area contributed by atoms with E-state index in [4.69, 9.17) is 20.8 Å². The van der Waals surface area contributed by atoms with Gasteiger partial charge in [-0.2, -0.15) is 4.98 Å². The maximum Gasteiger partial charge on any atom is 0.302 e. The third-order valence-electron chi connectivity index (χ3n) is 3.40. The van der Waals surface area contributed by atoms with E-state index in [1.54, 1.807) is 48.5 Å². The van der Waals surface area contributed by atoms with Crippen LogP contribution in [0.2, 0.25) is 5.02 Å². The number of carbonyl (C=O) groups excluding carboxylic acids is 2. The predicted molar refractivity (Wildman–Crippen MR) is 96.9 cm³/mol. The fraction of sp³-hybridized carbons (Fsp3) is 0.0556. The average Bonchev–Trinajstić information content (AvgIpc) is 3.11. The van der Waals surface area contributed by atoms with Crippen LogP contribution in [0.3, 0.4) is 0 Å². The second kappa shape index (κ2) is 7.71. The standard InChI is InChI=1S/C18H14ClN3O4/c1-25-15-8-7-12(19)9-13(15)20-17(24)14-10-26-18(21-14)22-16(23)11-5-3-2-4-6-11/h2-10H,1H3,(H,20,24)(H,21,22,23). The van der Waals surface area contributed by atoms with Crippen molar-refractivity contribution >= 4 is 35.1 Å². The largest absolute Gasteiger partial charge is 0.495 e. The van der Waals surface area contributed by atoms with Gasteiger partial charge < -0.3 is 14.5 Å². The lowest BCUT2D eigenvalue weighted by molar-refractivity contribution is 0.101. The summed E-state index contributed by atoms with van der Waals surface area (Å²) in [6, 6.07) is 13.3. The molecule has 132 valence electrons. The number of oxazole rings is 1. The van der Waals surface area contributed by atoms with E-state index in [2.05, 4.69) is 15.6 Å². The number of halogens is 1. The molecule has 0 aliphatic rings. The quantitative estimate of drug-likeness (QED) is 0.710. The van der Waals surface area contributed by atoms with Gasteiger partial charge in [0, 0.05) is 10.6 Å². The van der Waals surface area contributed by atoms with Gasteiger partial charge in [0.25, 0.3) is 11.8 Å². The molecule has 1 heterocycles. The number of hydrogen-bond acceptors (Lipinski definition) is 5. The summed E-state index contributed by atoms with van der Waals surface area (Å²) in [6.07, 6.45) is 1.15. The van der Waals surface area contributed by atoms with Crippen molar-refractivity contribution in [1.82, 2.24) is 4.98 Å². The van der Waals surface area contributed by atoms with E-state index in [9.17, 15) is 9.59 Å². The second-order valence-corrected chi connectivity index (χ2v) is 5.59. The maximum atomic E-state index is 12.3. The fourth-order valence-electron chi connectivity index (χ4n) is 2.16. The van der Waals surface area contributed by atoms with Gasteiger partial charge in [0.1, 0.15) is 12.0 Å². The summed E-state index contributed by atoms with van der Waals surface area (Å²) in [5, 5.41) is 5.56. The van der Waals surface area contributed by atoms with E-state index < -0.39 is 11.8 Å². The van der Waals surface area contributed by atoms with Crippen molar-refractivity contribution in [3.63, 3.8) is 0 Å². The van der Waals surface area contributed by atoms with Gasteiger partial charge in [0.2, 0.25) is 0 Å².